The topological polar surface area (TPSA) is 92.0 Å². The highest BCUT2D eigenvalue weighted by Gasteiger charge is 2.42. The van der Waals surface area contributed by atoms with Gasteiger partial charge in [0.2, 0.25) is 5.82 Å². The Morgan fingerprint density at radius 3 is 2.67 bits per heavy atom. The summed E-state index contributed by atoms with van der Waals surface area (Å²) in [4.78, 5) is 32.8. The Bertz CT molecular complexity index is 1240. The van der Waals surface area contributed by atoms with E-state index in [1.807, 2.05) is 0 Å². The lowest BCUT2D eigenvalue weighted by Crippen LogP contribution is -2.33. The molecule has 0 aliphatic carbocycles. The fraction of sp³-hybridized carbons (Fsp3) is 0.105. The molecule has 8 nitrogen and oxygen atoms in total. The van der Waals surface area contributed by atoms with Crippen molar-refractivity contribution >= 4 is 17.0 Å². The second-order valence-electron chi connectivity index (χ2n) is 5.97. The minimum atomic E-state index is -5.18. The van der Waals surface area contributed by atoms with Gasteiger partial charge >= 0.3 is 12.1 Å². The molecule has 0 amide bonds. The summed E-state index contributed by atoms with van der Waals surface area (Å²) in [6, 6.07) is 9.53. The summed E-state index contributed by atoms with van der Waals surface area (Å²) in [5, 5.41) is 0. The number of carbonyl (C=O) groups excluding carboxylic acids is 1. The van der Waals surface area contributed by atoms with Crippen molar-refractivity contribution in [2.75, 3.05) is 7.11 Å². The molecule has 4 aromatic rings. The molecule has 0 N–H and O–H groups in total. The van der Waals surface area contributed by atoms with E-state index in [1.165, 1.54) is 25.6 Å². The van der Waals surface area contributed by atoms with Crippen LogP contribution in [-0.2, 0) is 4.79 Å². The summed E-state index contributed by atoms with van der Waals surface area (Å²) < 4.78 is 44.1. The van der Waals surface area contributed by atoms with Crippen molar-refractivity contribution < 1.29 is 27.5 Å². The molecule has 30 heavy (non-hydrogen) atoms. The third kappa shape index (κ3) is 3.64. The zero-order chi connectivity index (χ0) is 21.3. The maximum atomic E-state index is 12.8. The van der Waals surface area contributed by atoms with Crippen LogP contribution in [0.5, 0.6) is 5.75 Å². The van der Waals surface area contributed by atoms with Crippen LogP contribution in [0.1, 0.15) is 0 Å². The smallest absolute Gasteiger partial charge is 0.493 e. The van der Waals surface area contributed by atoms with E-state index >= 15 is 0 Å². The third-order valence-corrected chi connectivity index (χ3v) is 4.03. The van der Waals surface area contributed by atoms with Gasteiger partial charge in [0.25, 0.3) is 0 Å². The Hall–Kier alpha value is -4.02. The number of benzene rings is 1. The quantitative estimate of drug-likeness (QED) is 0.506. The molecule has 4 rings (SSSR count). The number of methoxy groups -OCH3 is 1. The summed E-state index contributed by atoms with van der Waals surface area (Å²) in [7, 11) is 1.49. The highest BCUT2D eigenvalue weighted by atomic mass is 19.4. The van der Waals surface area contributed by atoms with Crippen LogP contribution in [0, 0.1) is 0 Å². The van der Waals surface area contributed by atoms with Gasteiger partial charge in [-0.25, -0.2) is 19.7 Å². The molecule has 3 heterocycles. The lowest BCUT2D eigenvalue weighted by molar-refractivity contribution is -0.199. The number of aromatic nitrogens is 5. The van der Waals surface area contributed by atoms with Crippen LogP contribution in [0.25, 0.3) is 33.9 Å². The van der Waals surface area contributed by atoms with Crippen LogP contribution >= 0.6 is 0 Å². The second kappa shape index (κ2) is 7.43. The standard InChI is InChI=1S/C19H12F3N5O3/c1-29-12-8-11(9-23-10-12)13-6-7-24-16(25-13)17-26-14-4-2-3-5-15(14)27(17)30-18(28)19(20,21)22/h2-10H,1H3. The monoisotopic (exact) mass is 415 g/mol. The second-order valence-corrected chi connectivity index (χ2v) is 5.97. The van der Waals surface area contributed by atoms with E-state index in [0.717, 1.165) is 0 Å². The maximum Gasteiger partial charge on any atom is 0.493 e. The number of fused-ring (bicyclic) bond motifs is 1. The fourth-order valence-corrected chi connectivity index (χ4v) is 2.67. The molecule has 11 heteroatoms. The van der Waals surface area contributed by atoms with Gasteiger partial charge in [-0.2, -0.15) is 13.2 Å². The molecule has 0 saturated heterocycles. The molecule has 0 saturated carbocycles. The molecule has 1 aromatic carbocycles. The Balaban J connectivity index is 1.83. The van der Waals surface area contributed by atoms with Crippen LogP contribution in [0.4, 0.5) is 13.2 Å². The van der Waals surface area contributed by atoms with Crippen molar-refractivity contribution in [3.05, 3.63) is 55.0 Å². The highest BCUT2D eigenvalue weighted by Crippen LogP contribution is 2.26. The van der Waals surface area contributed by atoms with Crippen LogP contribution < -0.4 is 9.57 Å². The van der Waals surface area contributed by atoms with Gasteiger partial charge in [-0.05, 0) is 24.3 Å². The molecule has 3 aromatic heterocycles. The minimum absolute atomic E-state index is 0.0403. The predicted octanol–water partition coefficient (Wildman–Crippen LogP) is 3.08. The molecule has 0 atom stereocenters. The molecular formula is C19H12F3N5O3. The van der Waals surface area contributed by atoms with Gasteiger partial charge in [-0.1, -0.05) is 12.1 Å². The number of rotatable bonds is 4. The zero-order valence-corrected chi connectivity index (χ0v) is 15.3. The van der Waals surface area contributed by atoms with Crippen molar-refractivity contribution in [3.63, 3.8) is 0 Å². The summed E-state index contributed by atoms with van der Waals surface area (Å²) in [6.07, 6.45) is -0.715. The van der Waals surface area contributed by atoms with E-state index in [0.29, 0.717) is 27.3 Å². The average molecular weight is 415 g/mol. The maximum absolute atomic E-state index is 12.8. The Morgan fingerprint density at radius 2 is 1.90 bits per heavy atom. The van der Waals surface area contributed by atoms with Crippen molar-refractivity contribution in [2.24, 2.45) is 0 Å². The Morgan fingerprint density at radius 1 is 1.10 bits per heavy atom. The minimum Gasteiger partial charge on any atom is -0.495 e. The van der Waals surface area contributed by atoms with Crippen LogP contribution in [-0.4, -0.2) is 43.9 Å². The Labute approximate surface area is 166 Å². The molecule has 0 aliphatic rings. The first-order chi connectivity index (χ1) is 14.4. The van der Waals surface area contributed by atoms with E-state index in [-0.39, 0.29) is 17.2 Å². The number of hydrogen-bond acceptors (Lipinski definition) is 7. The first kappa shape index (κ1) is 19.3. The van der Waals surface area contributed by atoms with Crippen LogP contribution in [0.2, 0.25) is 0 Å². The largest absolute Gasteiger partial charge is 0.495 e. The van der Waals surface area contributed by atoms with Crippen LogP contribution in [0.3, 0.4) is 0 Å². The number of ether oxygens (including phenoxy) is 1. The molecule has 0 unspecified atom stereocenters. The van der Waals surface area contributed by atoms with Gasteiger partial charge in [-0.3, -0.25) is 4.98 Å². The molecule has 0 fully saturated rings. The summed E-state index contributed by atoms with van der Waals surface area (Å²) in [5.41, 5.74) is 1.47. The lowest BCUT2D eigenvalue weighted by atomic mass is 10.2. The highest BCUT2D eigenvalue weighted by molar-refractivity contribution is 5.82. The number of nitrogens with zero attached hydrogens (tertiary/aromatic N) is 5. The Kier molecular flexibility index (Phi) is 4.78. The fourth-order valence-electron chi connectivity index (χ4n) is 2.67. The molecule has 152 valence electrons. The predicted molar refractivity (Wildman–Crippen MR) is 98.2 cm³/mol. The van der Waals surface area contributed by atoms with Crippen molar-refractivity contribution in [1.29, 1.82) is 0 Å². The lowest BCUT2D eigenvalue weighted by Gasteiger charge is -2.10. The van der Waals surface area contributed by atoms with Gasteiger partial charge in [0.1, 0.15) is 11.3 Å². The molecular weight excluding hydrogens is 403 g/mol. The number of imidazole rings is 1. The van der Waals surface area contributed by atoms with E-state index in [9.17, 15) is 18.0 Å². The first-order valence-electron chi connectivity index (χ1n) is 8.46. The zero-order valence-electron chi connectivity index (χ0n) is 15.3. The van der Waals surface area contributed by atoms with E-state index in [4.69, 9.17) is 4.74 Å². The van der Waals surface area contributed by atoms with Crippen molar-refractivity contribution in [2.45, 2.75) is 6.18 Å². The van der Waals surface area contributed by atoms with Gasteiger partial charge in [0.05, 0.1) is 24.5 Å². The summed E-state index contributed by atoms with van der Waals surface area (Å²) >= 11 is 0. The average Bonchev–Trinajstić information content (AvgIpc) is 3.12. The van der Waals surface area contributed by atoms with Gasteiger partial charge in [0.15, 0.2) is 5.82 Å². The van der Waals surface area contributed by atoms with E-state index < -0.39 is 12.1 Å². The third-order valence-electron chi connectivity index (χ3n) is 4.03. The number of alkyl halides is 3. The molecule has 0 aliphatic heterocycles. The van der Waals surface area contributed by atoms with E-state index in [2.05, 4.69) is 24.8 Å². The number of carbonyl (C=O) groups is 1. The number of hydrogen-bond donors (Lipinski definition) is 0. The first-order valence-corrected chi connectivity index (χ1v) is 8.46. The molecule has 0 radical (unpaired) electrons. The van der Waals surface area contributed by atoms with Crippen molar-refractivity contribution in [3.8, 4) is 28.7 Å². The van der Waals surface area contributed by atoms with Gasteiger partial charge in [-0.15, -0.1) is 4.73 Å². The van der Waals surface area contributed by atoms with Gasteiger partial charge < -0.3 is 9.57 Å². The summed E-state index contributed by atoms with van der Waals surface area (Å²) in [6.45, 7) is 0. The SMILES string of the molecule is COc1cncc(-c2ccnc(-c3nc4ccccc4n3OC(=O)C(F)(F)F)n2)c1. The number of halogens is 3. The van der Waals surface area contributed by atoms with Crippen molar-refractivity contribution in [1.82, 2.24) is 24.7 Å². The molecule has 0 spiro atoms. The number of pyridine rings is 1. The molecule has 0 bridgehead atoms. The normalized spacial score (nSPS) is 11.5. The van der Waals surface area contributed by atoms with E-state index in [1.54, 1.807) is 36.5 Å². The summed E-state index contributed by atoms with van der Waals surface area (Å²) in [5.74, 6) is -2.09. The van der Waals surface area contributed by atoms with Gasteiger partial charge in [0, 0.05) is 18.0 Å². The number of para-hydroxylation sites is 2. The van der Waals surface area contributed by atoms with Crippen LogP contribution in [0.15, 0.2) is 55.0 Å².